The summed E-state index contributed by atoms with van der Waals surface area (Å²) in [5, 5.41) is 5.53. The van der Waals surface area contributed by atoms with Gasteiger partial charge in [0, 0.05) is 26.9 Å². The molecule has 1 unspecified atom stereocenters. The second-order valence-corrected chi connectivity index (χ2v) is 8.08. The standard InChI is InChI=1S/C20H17Cl2N3O2S/c1-12(28-17-7-4-15(21)5-8-17)20(26)25-23-11-14-9-13-3-6-16(27-2)10-18(13)24-19(14)22/h3-12H,1-2H3,(H,25,26)/b23-11+. The van der Waals surface area contributed by atoms with Crippen molar-refractivity contribution in [3.63, 3.8) is 0 Å². The third-order valence-corrected chi connectivity index (χ3v) is 5.55. The predicted octanol–water partition coefficient (Wildman–Crippen LogP) is 5.18. The van der Waals surface area contributed by atoms with E-state index in [1.165, 1.54) is 18.0 Å². The van der Waals surface area contributed by atoms with Crippen molar-refractivity contribution in [1.29, 1.82) is 0 Å². The lowest BCUT2D eigenvalue weighted by Gasteiger charge is -2.09. The highest BCUT2D eigenvalue weighted by Gasteiger charge is 2.13. The van der Waals surface area contributed by atoms with Crippen LogP contribution in [-0.4, -0.2) is 29.5 Å². The monoisotopic (exact) mass is 433 g/mol. The fraction of sp³-hybridized carbons (Fsp3) is 0.150. The molecule has 1 heterocycles. The van der Waals surface area contributed by atoms with Gasteiger partial charge in [-0.15, -0.1) is 11.8 Å². The van der Waals surface area contributed by atoms with Crippen LogP contribution in [0.1, 0.15) is 12.5 Å². The molecule has 1 aromatic heterocycles. The van der Waals surface area contributed by atoms with Gasteiger partial charge in [0.25, 0.3) is 5.91 Å². The van der Waals surface area contributed by atoms with Crippen LogP contribution in [0.3, 0.4) is 0 Å². The van der Waals surface area contributed by atoms with Gasteiger partial charge in [-0.3, -0.25) is 4.79 Å². The number of methoxy groups -OCH3 is 1. The van der Waals surface area contributed by atoms with E-state index in [1.54, 1.807) is 25.3 Å². The summed E-state index contributed by atoms with van der Waals surface area (Å²) >= 11 is 13.5. The number of halogens is 2. The van der Waals surface area contributed by atoms with Crippen molar-refractivity contribution in [2.75, 3.05) is 7.11 Å². The third-order valence-electron chi connectivity index (χ3n) is 3.88. The van der Waals surface area contributed by atoms with Crippen molar-refractivity contribution in [2.45, 2.75) is 17.1 Å². The first-order valence-electron chi connectivity index (χ1n) is 8.35. The minimum Gasteiger partial charge on any atom is -0.497 e. The molecular formula is C20H17Cl2N3O2S. The number of rotatable bonds is 6. The van der Waals surface area contributed by atoms with E-state index in [1.807, 2.05) is 37.3 Å². The van der Waals surface area contributed by atoms with E-state index in [9.17, 15) is 4.79 Å². The summed E-state index contributed by atoms with van der Waals surface area (Å²) in [6.45, 7) is 1.81. The van der Waals surface area contributed by atoms with Gasteiger partial charge in [-0.1, -0.05) is 23.2 Å². The molecule has 0 aliphatic heterocycles. The largest absolute Gasteiger partial charge is 0.497 e. The molecule has 0 aliphatic rings. The minimum absolute atomic E-state index is 0.217. The van der Waals surface area contributed by atoms with Gasteiger partial charge in [-0.2, -0.15) is 5.10 Å². The molecule has 144 valence electrons. The number of ether oxygens (including phenoxy) is 1. The van der Waals surface area contributed by atoms with Gasteiger partial charge in [-0.25, -0.2) is 10.4 Å². The number of carbonyl (C=O) groups excluding carboxylic acids is 1. The van der Waals surface area contributed by atoms with Gasteiger partial charge in [0.15, 0.2) is 0 Å². The second-order valence-electron chi connectivity index (χ2n) is 5.88. The minimum atomic E-state index is -0.323. The maximum absolute atomic E-state index is 12.2. The van der Waals surface area contributed by atoms with Gasteiger partial charge in [0.1, 0.15) is 10.9 Å². The Morgan fingerprint density at radius 3 is 2.68 bits per heavy atom. The van der Waals surface area contributed by atoms with E-state index in [4.69, 9.17) is 27.9 Å². The van der Waals surface area contributed by atoms with Crippen LogP contribution in [0.15, 0.2) is 58.5 Å². The summed E-state index contributed by atoms with van der Waals surface area (Å²) in [7, 11) is 1.60. The molecule has 3 aromatic rings. The molecule has 0 aliphatic carbocycles. The van der Waals surface area contributed by atoms with Crippen LogP contribution in [-0.2, 0) is 4.79 Å². The Kier molecular flexibility index (Phi) is 6.78. The lowest BCUT2D eigenvalue weighted by Crippen LogP contribution is -2.26. The highest BCUT2D eigenvalue weighted by Crippen LogP contribution is 2.25. The number of carbonyl (C=O) groups is 1. The topological polar surface area (TPSA) is 63.6 Å². The highest BCUT2D eigenvalue weighted by molar-refractivity contribution is 8.00. The highest BCUT2D eigenvalue weighted by atomic mass is 35.5. The molecule has 1 amide bonds. The Hall–Kier alpha value is -2.28. The Balaban J connectivity index is 1.65. The smallest absolute Gasteiger partial charge is 0.253 e. The van der Waals surface area contributed by atoms with Crippen molar-refractivity contribution >= 4 is 58.0 Å². The lowest BCUT2D eigenvalue weighted by molar-refractivity contribution is -0.120. The van der Waals surface area contributed by atoms with Crippen molar-refractivity contribution in [3.05, 3.63) is 64.3 Å². The SMILES string of the molecule is COc1ccc2cc(/C=N/NC(=O)C(C)Sc3ccc(Cl)cc3)c(Cl)nc2c1. The summed E-state index contributed by atoms with van der Waals surface area (Å²) in [5.74, 6) is 0.489. The van der Waals surface area contributed by atoms with Crippen LogP contribution < -0.4 is 10.2 Å². The van der Waals surface area contributed by atoms with Crippen LogP contribution in [0.25, 0.3) is 10.9 Å². The number of hydrazone groups is 1. The molecule has 0 spiro atoms. The first kappa shape index (κ1) is 20.5. The number of hydrogen-bond acceptors (Lipinski definition) is 5. The van der Waals surface area contributed by atoms with Crippen molar-refractivity contribution in [1.82, 2.24) is 10.4 Å². The van der Waals surface area contributed by atoms with Crippen LogP contribution in [0.2, 0.25) is 10.2 Å². The first-order chi connectivity index (χ1) is 13.5. The molecule has 0 fully saturated rings. The van der Waals surface area contributed by atoms with Crippen molar-refractivity contribution in [3.8, 4) is 5.75 Å². The summed E-state index contributed by atoms with van der Waals surface area (Å²) in [6.07, 6.45) is 1.48. The van der Waals surface area contributed by atoms with Crippen LogP contribution >= 0.6 is 35.0 Å². The Morgan fingerprint density at radius 2 is 1.96 bits per heavy atom. The molecule has 28 heavy (non-hydrogen) atoms. The number of nitrogens with one attached hydrogen (secondary N) is 1. The first-order valence-corrected chi connectivity index (χ1v) is 9.99. The molecule has 1 atom stereocenters. The quantitative estimate of drug-likeness (QED) is 0.251. The number of benzene rings is 2. The average Bonchev–Trinajstić information content (AvgIpc) is 2.69. The van der Waals surface area contributed by atoms with Crippen molar-refractivity contribution in [2.24, 2.45) is 5.10 Å². The van der Waals surface area contributed by atoms with Crippen molar-refractivity contribution < 1.29 is 9.53 Å². The number of nitrogens with zero attached hydrogens (tertiary/aromatic N) is 2. The molecule has 5 nitrogen and oxygen atoms in total. The van der Waals surface area contributed by atoms with E-state index < -0.39 is 0 Å². The lowest BCUT2D eigenvalue weighted by atomic mass is 10.1. The van der Waals surface area contributed by atoms with Crippen LogP contribution in [0.5, 0.6) is 5.75 Å². The van der Waals surface area contributed by atoms with E-state index in [0.29, 0.717) is 21.5 Å². The van der Waals surface area contributed by atoms with E-state index in [2.05, 4.69) is 15.5 Å². The number of fused-ring (bicyclic) bond motifs is 1. The fourth-order valence-corrected chi connectivity index (χ4v) is 3.57. The van der Waals surface area contributed by atoms with Crippen LogP contribution in [0, 0.1) is 0 Å². The second kappa shape index (κ2) is 9.28. The molecule has 0 bridgehead atoms. The number of thioether (sulfide) groups is 1. The molecule has 2 aromatic carbocycles. The number of aromatic nitrogens is 1. The Labute approximate surface area is 177 Å². The number of amides is 1. The third kappa shape index (κ3) is 5.16. The number of pyridine rings is 1. The van der Waals surface area contributed by atoms with Crippen LogP contribution in [0.4, 0.5) is 0 Å². The summed E-state index contributed by atoms with van der Waals surface area (Å²) < 4.78 is 5.19. The molecule has 0 radical (unpaired) electrons. The molecule has 8 heteroatoms. The molecule has 1 N–H and O–H groups in total. The molecule has 3 rings (SSSR count). The summed E-state index contributed by atoms with van der Waals surface area (Å²) in [5.41, 5.74) is 3.86. The van der Waals surface area contributed by atoms with Gasteiger partial charge in [0.2, 0.25) is 0 Å². The zero-order valence-electron chi connectivity index (χ0n) is 15.1. The van der Waals surface area contributed by atoms with Gasteiger partial charge in [-0.05, 0) is 49.4 Å². The summed E-state index contributed by atoms with van der Waals surface area (Å²) in [6, 6.07) is 14.7. The van der Waals surface area contributed by atoms with Gasteiger partial charge in [0.05, 0.1) is 24.1 Å². The van der Waals surface area contributed by atoms with E-state index in [0.717, 1.165) is 15.8 Å². The van der Waals surface area contributed by atoms with Gasteiger partial charge < -0.3 is 4.74 Å². The zero-order chi connectivity index (χ0) is 20.1. The Morgan fingerprint density at radius 1 is 1.21 bits per heavy atom. The predicted molar refractivity (Wildman–Crippen MR) is 116 cm³/mol. The molecule has 0 saturated carbocycles. The molecular weight excluding hydrogens is 417 g/mol. The average molecular weight is 434 g/mol. The Bertz CT molecular complexity index is 1030. The summed E-state index contributed by atoms with van der Waals surface area (Å²) in [4.78, 5) is 17.5. The maximum atomic E-state index is 12.2. The number of hydrogen-bond donors (Lipinski definition) is 1. The maximum Gasteiger partial charge on any atom is 0.253 e. The normalized spacial score (nSPS) is 12.3. The zero-order valence-corrected chi connectivity index (χ0v) is 17.5. The molecule has 0 saturated heterocycles. The van der Waals surface area contributed by atoms with E-state index >= 15 is 0 Å². The van der Waals surface area contributed by atoms with Gasteiger partial charge >= 0.3 is 0 Å². The van der Waals surface area contributed by atoms with E-state index in [-0.39, 0.29) is 11.2 Å². The fourth-order valence-electron chi connectivity index (χ4n) is 2.38.